The molecule has 1 amide bonds. The van der Waals surface area contributed by atoms with E-state index in [0.29, 0.717) is 18.9 Å². The molecule has 1 aromatic rings. The topological polar surface area (TPSA) is 59.0 Å². The average molecular weight is 224 g/mol. The fourth-order valence-electron chi connectivity index (χ4n) is 1.44. The first-order valence-corrected chi connectivity index (χ1v) is 5.26. The van der Waals surface area contributed by atoms with E-state index in [2.05, 4.69) is 27.8 Å². The maximum atomic E-state index is 11.6. The minimum absolute atomic E-state index is 0.0139. The van der Waals surface area contributed by atoms with E-state index in [9.17, 15) is 4.79 Å². The molecule has 2 heterocycles. The summed E-state index contributed by atoms with van der Waals surface area (Å²) in [6, 6.07) is 0. The van der Waals surface area contributed by atoms with Gasteiger partial charge in [0.15, 0.2) is 0 Å². The SMILES string of the molecule is Cc1nnc(N2CC(S)CC2=O)nc1C. The summed E-state index contributed by atoms with van der Waals surface area (Å²) in [4.78, 5) is 17.3. The number of aromatic nitrogens is 3. The number of hydrogen-bond donors (Lipinski definition) is 1. The molecule has 1 saturated heterocycles. The molecule has 2 rings (SSSR count). The molecule has 0 N–H and O–H groups in total. The van der Waals surface area contributed by atoms with Crippen LogP contribution in [0.3, 0.4) is 0 Å². The van der Waals surface area contributed by atoms with E-state index >= 15 is 0 Å². The van der Waals surface area contributed by atoms with Crippen LogP contribution in [-0.2, 0) is 4.79 Å². The highest BCUT2D eigenvalue weighted by Gasteiger charge is 2.30. The zero-order valence-electron chi connectivity index (χ0n) is 8.64. The highest BCUT2D eigenvalue weighted by atomic mass is 32.1. The summed E-state index contributed by atoms with van der Waals surface area (Å²) >= 11 is 4.27. The number of aryl methyl sites for hydroxylation is 2. The lowest BCUT2D eigenvalue weighted by molar-refractivity contribution is -0.117. The maximum absolute atomic E-state index is 11.6. The number of carbonyl (C=O) groups excluding carboxylic acids is 1. The Hall–Kier alpha value is -1.17. The summed E-state index contributed by atoms with van der Waals surface area (Å²) in [5.74, 6) is 0.403. The molecule has 80 valence electrons. The number of rotatable bonds is 1. The van der Waals surface area contributed by atoms with Crippen LogP contribution in [0.25, 0.3) is 0 Å². The number of amides is 1. The first-order valence-electron chi connectivity index (χ1n) is 4.74. The highest BCUT2D eigenvalue weighted by Crippen LogP contribution is 2.20. The van der Waals surface area contributed by atoms with Crippen LogP contribution in [0.4, 0.5) is 5.95 Å². The van der Waals surface area contributed by atoms with Crippen LogP contribution in [0.5, 0.6) is 0 Å². The van der Waals surface area contributed by atoms with Crippen molar-refractivity contribution in [2.75, 3.05) is 11.4 Å². The van der Waals surface area contributed by atoms with Crippen LogP contribution in [-0.4, -0.2) is 32.9 Å². The predicted molar refractivity (Wildman–Crippen MR) is 59.0 cm³/mol. The fraction of sp³-hybridized carbons (Fsp3) is 0.556. The van der Waals surface area contributed by atoms with Crippen LogP contribution in [0.15, 0.2) is 0 Å². The van der Waals surface area contributed by atoms with Crippen LogP contribution < -0.4 is 4.90 Å². The van der Waals surface area contributed by atoms with Gasteiger partial charge in [-0.25, -0.2) is 4.98 Å². The second-order valence-electron chi connectivity index (χ2n) is 3.64. The van der Waals surface area contributed by atoms with Crippen molar-refractivity contribution in [1.82, 2.24) is 15.2 Å². The number of thiol groups is 1. The molecule has 1 fully saturated rings. The highest BCUT2D eigenvalue weighted by molar-refractivity contribution is 7.81. The average Bonchev–Trinajstić information content (AvgIpc) is 2.50. The van der Waals surface area contributed by atoms with Crippen molar-refractivity contribution in [3.63, 3.8) is 0 Å². The molecule has 5 nitrogen and oxygen atoms in total. The van der Waals surface area contributed by atoms with Crippen LogP contribution in [0, 0.1) is 13.8 Å². The van der Waals surface area contributed by atoms with Gasteiger partial charge in [0, 0.05) is 18.2 Å². The lowest BCUT2D eigenvalue weighted by atomic mass is 10.4. The van der Waals surface area contributed by atoms with Gasteiger partial charge in [0.1, 0.15) is 0 Å². The Balaban J connectivity index is 2.30. The van der Waals surface area contributed by atoms with Crippen molar-refractivity contribution >= 4 is 24.5 Å². The van der Waals surface area contributed by atoms with Gasteiger partial charge in [0.05, 0.1) is 11.4 Å². The molecule has 0 radical (unpaired) electrons. The molecule has 6 heteroatoms. The van der Waals surface area contributed by atoms with E-state index < -0.39 is 0 Å². The van der Waals surface area contributed by atoms with Gasteiger partial charge in [0.25, 0.3) is 5.95 Å². The minimum Gasteiger partial charge on any atom is -0.278 e. The first kappa shape index (κ1) is 10.4. The van der Waals surface area contributed by atoms with Crippen LogP contribution >= 0.6 is 12.6 Å². The Labute approximate surface area is 93.3 Å². The van der Waals surface area contributed by atoms with Gasteiger partial charge in [-0.05, 0) is 13.8 Å². The number of hydrogen-bond acceptors (Lipinski definition) is 5. The smallest absolute Gasteiger partial charge is 0.252 e. The molecule has 0 aromatic carbocycles. The Morgan fingerprint density at radius 1 is 1.33 bits per heavy atom. The van der Waals surface area contributed by atoms with E-state index in [-0.39, 0.29) is 11.2 Å². The molecular formula is C9H12N4OS. The van der Waals surface area contributed by atoms with Crippen molar-refractivity contribution in [3.8, 4) is 0 Å². The van der Waals surface area contributed by atoms with Gasteiger partial charge >= 0.3 is 0 Å². The lowest BCUT2D eigenvalue weighted by Gasteiger charge is -2.13. The van der Waals surface area contributed by atoms with E-state index in [1.165, 1.54) is 4.90 Å². The zero-order chi connectivity index (χ0) is 11.0. The Bertz CT molecular complexity index is 409. The van der Waals surface area contributed by atoms with Gasteiger partial charge in [-0.15, -0.1) is 5.10 Å². The lowest BCUT2D eigenvalue weighted by Crippen LogP contribution is -2.27. The Kier molecular flexibility index (Phi) is 2.60. The largest absolute Gasteiger partial charge is 0.278 e. The van der Waals surface area contributed by atoms with Gasteiger partial charge in [-0.3, -0.25) is 9.69 Å². The molecular weight excluding hydrogens is 212 g/mol. The summed E-state index contributed by atoms with van der Waals surface area (Å²) in [7, 11) is 0. The Morgan fingerprint density at radius 3 is 2.60 bits per heavy atom. The van der Waals surface area contributed by atoms with Gasteiger partial charge < -0.3 is 0 Å². The Morgan fingerprint density at radius 2 is 2.07 bits per heavy atom. The number of carbonyl (C=O) groups is 1. The second kappa shape index (κ2) is 3.77. The third kappa shape index (κ3) is 1.94. The minimum atomic E-state index is 0.0139. The summed E-state index contributed by atoms with van der Waals surface area (Å²) < 4.78 is 0. The van der Waals surface area contributed by atoms with Crippen molar-refractivity contribution in [1.29, 1.82) is 0 Å². The normalized spacial score (nSPS) is 21.1. The molecule has 15 heavy (non-hydrogen) atoms. The number of anilines is 1. The molecule has 1 aromatic heterocycles. The first-order chi connectivity index (χ1) is 7.08. The molecule has 0 aliphatic carbocycles. The van der Waals surface area contributed by atoms with Gasteiger partial charge in [0.2, 0.25) is 5.91 Å². The van der Waals surface area contributed by atoms with Crippen molar-refractivity contribution in [3.05, 3.63) is 11.4 Å². The van der Waals surface area contributed by atoms with Crippen LogP contribution in [0.2, 0.25) is 0 Å². The van der Waals surface area contributed by atoms with Gasteiger partial charge in [-0.2, -0.15) is 17.7 Å². The third-order valence-electron chi connectivity index (χ3n) is 2.43. The monoisotopic (exact) mass is 224 g/mol. The standard InChI is InChI=1S/C9H12N4OS/c1-5-6(2)11-12-9(10-5)13-4-7(15)3-8(13)14/h7,15H,3-4H2,1-2H3. The van der Waals surface area contributed by atoms with Crippen molar-refractivity contribution in [2.45, 2.75) is 25.5 Å². The number of nitrogens with zero attached hydrogens (tertiary/aromatic N) is 4. The van der Waals surface area contributed by atoms with E-state index in [1.54, 1.807) is 0 Å². The molecule has 1 unspecified atom stereocenters. The van der Waals surface area contributed by atoms with Crippen LogP contribution in [0.1, 0.15) is 17.8 Å². The molecule has 1 aliphatic heterocycles. The summed E-state index contributed by atoms with van der Waals surface area (Å²) in [6.45, 7) is 4.25. The fourth-order valence-corrected chi connectivity index (χ4v) is 1.76. The van der Waals surface area contributed by atoms with E-state index in [4.69, 9.17) is 0 Å². The van der Waals surface area contributed by atoms with Crippen molar-refractivity contribution < 1.29 is 4.79 Å². The molecule has 0 bridgehead atoms. The van der Waals surface area contributed by atoms with E-state index in [1.807, 2.05) is 13.8 Å². The van der Waals surface area contributed by atoms with E-state index in [0.717, 1.165) is 11.4 Å². The molecule has 0 spiro atoms. The van der Waals surface area contributed by atoms with Crippen molar-refractivity contribution in [2.24, 2.45) is 0 Å². The maximum Gasteiger partial charge on any atom is 0.252 e. The third-order valence-corrected chi connectivity index (χ3v) is 2.77. The quantitative estimate of drug-likeness (QED) is 0.707. The molecule has 1 aliphatic rings. The second-order valence-corrected chi connectivity index (χ2v) is 4.38. The summed E-state index contributed by atoms with van der Waals surface area (Å²) in [6.07, 6.45) is 0.444. The summed E-state index contributed by atoms with van der Waals surface area (Å²) in [5, 5.41) is 7.94. The predicted octanol–water partition coefficient (Wildman–Crippen LogP) is 0.524. The zero-order valence-corrected chi connectivity index (χ0v) is 9.53. The van der Waals surface area contributed by atoms with Gasteiger partial charge in [-0.1, -0.05) is 0 Å². The molecule has 0 saturated carbocycles. The summed E-state index contributed by atoms with van der Waals surface area (Å²) in [5.41, 5.74) is 1.59. The molecule has 1 atom stereocenters.